The van der Waals surface area contributed by atoms with Gasteiger partial charge in [0.1, 0.15) is 5.82 Å². The summed E-state index contributed by atoms with van der Waals surface area (Å²) in [7, 11) is 0. The molecule has 3 heterocycles. The lowest BCUT2D eigenvalue weighted by Crippen LogP contribution is -2.44. The van der Waals surface area contributed by atoms with Crippen molar-refractivity contribution in [3.63, 3.8) is 0 Å². The van der Waals surface area contributed by atoms with Crippen molar-refractivity contribution in [2.45, 2.75) is 42.4 Å². The minimum atomic E-state index is -0.168. The van der Waals surface area contributed by atoms with Crippen molar-refractivity contribution in [2.24, 2.45) is 0 Å². The number of alkyl halides is 1. The summed E-state index contributed by atoms with van der Waals surface area (Å²) in [5.74, 6) is 1.72. The molecular formula is C21H25IN6O2. The van der Waals surface area contributed by atoms with Crippen molar-refractivity contribution in [2.75, 3.05) is 30.0 Å². The molecule has 2 amide bonds. The molecule has 0 bridgehead atoms. The average Bonchev–Trinajstić information content (AvgIpc) is 3.25. The lowest BCUT2D eigenvalue weighted by molar-refractivity contribution is 0.0984. The number of benzene rings is 1. The predicted octanol–water partition coefficient (Wildman–Crippen LogP) is 3.02. The number of morpholine rings is 1. The van der Waals surface area contributed by atoms with Crippen molar-refractivity contribution < 1.29 is 9.53 Å². The highest BCUT2D eigenvalue weighted by Gasteiger charge is 2.41. The van der Waals surface area contributed by atoms with Crippen LogP contribution in [0.1, 0.15) is 31.0 Å². The van der Waals surface area contributed by atoms with Gasteiger partial charge in [0.2, 0.25) is 0 Å². The Morgan fingerprint density at radius 1 is 1.27 bits per heavy atom. The monoisotopic (exact) mass is 520 g/mol. The molecule has 2 aromatic rings. The fourth-order valence-electron chi connectivity index (χ4n) is 3.86. The van der Waals surface area contributed by atoms with E-state index in [4.69, 9.17) is 14.7 Å². The van der Waals surface area contributed by atoms with Gasteiger partial charge >= 0.3 is 6.03 Å². The number of halogens is 1. The van der Waals surface area contributed by atoms with Crippen LogP contribution in [-0.4, -0.2) is 45.3 Å². The molecule has 30 heavy (non-hydrogen) atoms. The number of carbonyl (C=O) groups excluding carboxylic acids is 1. The van der Waals surface area contributed by atoms with Gasteiger partial charge in [-0.15, -0.1) is 0 Å². The molecule has 8 nitrogen and oxygen atoms in total. The molecule has 2 fully saturated rings. The molecule has 3 N–H and O–H groups in total. The summed E-state index contributed by atoms with van der Waals surface area (Å²) in [4.78, 5) is 24.2. The molecule has 5 rings (SSSR count). The molecule has 158 valence electrons. The zero-order chi connectivity index (χ0) is 20.7. The molecule has 1 saturated carbocycles. The first kappa shape index (κ1) is 20.0. The number of nitrogens with one attached hydrogen (secondary N) is 3. The van der Waals surface area contributed by atoms with Crippen LogP contribution in [0.5, 0.6) is 0 Å². The van der Waals surface area contributed by atoms with Gasteiger partial charge in [0.25, 0.3) is 0 Å². The van der Waals surface area contributed by atoms with Crippen LogP contribution in [0, 0.1) is 0 Å². The molecular weight excluding hydrogens is 495 g/mol. The first-order chi connectivity index (χ1) is 14.5. The Morgan fingerprint density at radius 3 is 2.80 bits per heavy atom. The van der Waals surface area contributed by atoms with E-state index in [2.05, 4.69) is 50.4 Å². The van der Waals surface area contributed by atoms with Crippen LogP contribution in [0.2, 0.25) is 0 Å². The van der Waals surface area contributed by atoms with Crippen LogP contribution in [0.15, 0.2) is 24.3 Å². The first-order valence-electron chi connectivity index (χ1n) is 10.3. The Hall–Kier alpha value is -1.98. The molecule has 9 heteroatoms. The number of anilines is 2. The van der Waals surface area contributed by atoms with Gasteiger partial charge in [-0.1, -0.05) is 22.6 Å². The zero-order valence-corrected chi connectivity index (χ0v) is 19.0. The maximum Gasteiger partial charge on any atom is 0.320 e. The molecule has 1 aromatic carbocycles. The summed E-state index contributed by atoms with van der Waals surface area (Å²) >= 11 is 2.29. The van der Waals surface area contributed by atoms with Crippen LogP contribution in [-0.2, 0) is 17.8 Å². The number of amides is 2. The smallest absolute Gasteiger partial charge is 0.320 e. The van der Waals surface area contributed by atoms with E-state index in [-0.39, 0.29) is 15.6 Å². The number of rotatable bonds is 4. The number of carbonyl (C=O) groups is 1. The molecule has 1 unspecified atom stereocenters. The number of hydrogen-bond acceptors (Lipinski definition) is 6. The second-order valence-corrected chi connectivity index (χ2v) is 10.2. The molecule has 1 aromatic heterocycles. The van der Waals surface area contributed by atoms with Crippen molar-refractivity contribution in [3.8, 4) is 11.4 Å². The Bertz CT molecular complexity index is 963. The highest BCUT2D eigenvalue weighted by atomic mass is 127. The van der Waals surface area contributed by atoms with E-state index in [1.54, 1.807) is 0 Å². The van der Waals surface area contributed by atoms with Gasteiger partial charge in [-0.3, -0.25) is 0 Å². The number of nitrogens with zero attached hydrogens (tertiary/aromatic N) is 3. The summed E-state index contributed by atoms with van der Waals surface area (Å²) in [6.07, 6.45) is 2.04. The first-order valence-corrected chi connectivity index (χ1v) is 11.4. The second kappa shape index (κ2) is 7.93. The number of hydrogen-bond donors (Lipinski definition) is 3. The van der Waals surface area contributed by atoms with Gasteiger partial charge in [-0.05, 0) is 44.0 Å². The summed E-state index contributed by atoms with van der Waals surface area (Å²) in [6.45, 7) is 5.98. The molecule has 0 radical (unpaired) electrons. The van der Waals surface area contributed by atoms with Crippen LogP contribution in [0.4, 0.5) is 16.3 Å². The number of urea groups is 1. The number of ether oxygens (including phenoxy) is 1. The number of aromatic nitrogens is 2. The minimum Gasteiger partial charge on any atom is -0.377 e. The minimum absolute atomic E-state index is 0.0683. The van der Waals surface area contributed by atoms with E-state index in [1.165, 1.54) is 5.56 Å². The van der Waals surface area contributed by atoms with Crippen molar-refractivity contribution >= 4 is 40.1 Å². The van der Waals surface area contributed by atoms with E-state index in [9.17, 15) is 4.79 Å². The second-order valence-electron chi connectivity index (χ2n) is 8.14. The van der Waals surface area contributed by atoms with Crippen molar-refractivity contribution in [1.82, 2.24) is 20.6 Å². The van der Waals surface area contributed by atoms with E-state index < -0.39 is 0 Å². The molecule has 1 saturated heterocycles. The van der Waals surface area contributed by atoms with Crippen LogP contribution in [0.3, 0.4) is 0 Å². The molecule has 0 spiro atoms. The van der Waals surface area contributed by atoms with Gasteiger partial charge in [0, 0.05) is 36.4 Å². The standard InChI is InChI=1S/C21H25IN6O2/c1-13-12-30-9-8-28(13)19-16-10-23-11-17(16)25-18(26-19)14-2-4-15(5-3-14)24-20(29)27-21(22)6-7-21/h2-5,13,23H,6-12H2,1H3,(H2,24,27,29). The lowest BCUT2D eigenvalue weighted by Gasteiger charge is -2.35. The molecule has 1 atom stereocenters. The van der Waals surface area contributed by atoms with E-state index in [0.29, 0.717) is 19.0 Å². The normalized spacial score (nSPS) is 21.8. The fourth-order valence-corrected chi connectivity index (χ4v) is 4.38. The van der Waals surface area contributed by atoms with Gasteiger partial charge < -0.3 is 25.6 Å². The third-order valence-electron chi connectivity index (χ3n) is 5.73. The molecule has 3 aliphatic rings. The summed E-state index contributed by atoms with van der Waals surface area (Å²) < 4.78 is 5.54. The average molecular weight is 520 g/mol. The number of fused-ring (bicyclic) bond motifs is 1. The Balaban J connectivity index is 1.38. The van der Waals surface area contributed by atoms with Crippen molar-refractivity contribution in [3.05, 3.63) is 35.5 Å². The molecule has 2 aliphatic heterocycles. The van der Waals surface area contributed by atoms with Crippen LogP contribution >= 0.6 is 22.6 Å². The highest BCUT2D eigenvalue weighted by molar-refractivity contribution is 14.1. The quantitative estimate of drug-likeness (QED) is 0.326. The van der Waals surface area contributed by atoms with Crippen molar-refractivity contribution in [1.29, 1.82) is 0 Å². The summed E-state index contributed by atoms with van der Waals surface area (Å²) in [5.41, 5.74) is 3.94. The Labute approximate surface area is 189 Å². The summed E-state index contributed by atoms with van der Waals surface area (Å²) in [6, 6.07) is 7.83. The largest absolute Gasteiger partial charge is 0.377 e. The van der Waals surface area contributed by atoms with Gasteiger partial charge in [0.15, 0.2) is 5.82 Å². The zero-order valence-electron chi connectivity index (χ0n) is 16.9. The Morgan fingerprint density at radius 2 is 2.07 bits per heavy atom. The summed E-state index contributed by atoms with van der Waals surface area (Å²) in [5, 5.41) is 9.29. The van der Waals surface area contributed by atoms with E-state index in [1.807, 2.05) is 24.3 Å². The van der Waals surface area contributed by atoms with E-state index in [0.717, 1.165) is 55.2 Å². The molecule has 1 aliphatic carbocycles. The third-order valence-corrected chi connectivity index (χ3v) is 7.08. The lowest BCUT2D eigenvalue weighted by atomic mass is 10.1. The van der Waals surface area contributed by atoms with Crippen LogP contribution in [0.25, 0.3) is 11.4 Å². The van der Waals surface area contributed by atoms with Gasteiger partial charge in [0.05, 0.1) is 28.5 Å². The fraction of sp³-hybridized carbons (Fsp3) is 0.476. The maximum absolute atomic E-state index is 12.1. The van der Waals surface area contributed by atoms with Crippen LogP contribution < -0.4 is 20.9 Å². The third kappa shape index (κ3) is 4.10. The van der Waals surface area contributed by atoms with Gasteiger partial charge in [-0.25, -0.2) is 14.8 Å². The van der Waals surface area contributed by atoms with E-state index >= 15 is 0 Å². The SMILES string of the molecule is CC1COCCN1c1nc(-c2ccc(NC(=O)NC3(I)CC3)cc2)nc2c1CNC2. The van der Waals surface area contributed by atoms with Gasteiger partial charge in [-0.2, -0.15) is 0 Å². The highest BCUT2D eigenvalue weighted by Crippen LogP contribution is 2.42. The predicted molar refractivity (Wildman–Crippen MR) is 124 cm³/mol. The maximum atomic E-state index is 12.1. The topological polar surface area (TPSA) is 91.4 Å². The Kier molecular flexibility index (Phi) is 5.28.